The molecule has 8 nitrogen and oxygen atoms in total. The van der Waals surface area contributed by atoms with Crippen LogP contribution in [0.4, 0.5) is 0 Å². The Bertz CT molecular complexity index is 1640. The Morgan fingerprint density at radius 3 is 2.69 bits per heavy atom. The number of nitrogens with one attached hydrogen (secondary N) is 1. The maximum absolute atomic E-state index is 12.5. The number of carbonyl (C=O) groups excluding carboxylic acids is 1. The molecule has 0 radical (unpaired) electrons. The van der Waals surface area contributed by atoms with Crippen molar-refractivity contribution in [3.63, 3.8) is 0 Å². The maximum atomic E-state index is 12.5. The van der Waals surface area contributed by atoms with Gasteiger partial charge in [0, 0.05) is 17.1 Å². The molecule has 0 aliphatic rings. The minimum Gasteiger partial charge on any atom is -0.454 e. The summed E-state index contributed by atoms with van der Waals surface area (Å²) in [5.41, 5.74) is 7.35. The number of imidazole rings is 1. The third-order valence-electron chi connectivity index (χ3n) is 5.66. The molecule has 0 unspecified atom stereocenters. The van der Waals surface area contributed by atoms with Crippen molar-refractivity contribution in [3.8, 4) is 17.1 Å². The zero-order valence-corrected chi connectivity index (χ0v) is 18.6. The van der Waals surface area contributed by atoms with Crippen LogP contribution in [-0.4, -0.2) is 31.5 Å². The lowest BCUT2D eigenvalue weighted by Gasteiger charge is -2.02. The van der Waals surface area contributed by atoms with E-state index in [-0.39, 0.29) is 12.5 Å². The van der Waals surface area contributed by atoms with Crippen molar-refractivity contribution < 1.29 is 9.21 Å². The van der Waals surface area contributed by atoms with Gasteiger partial charge in [-0.25, -0.2) is 15.1 Å². The lowest BCUT2D eigenvalue weighted by Crippen LogP contribution is -2.22. The second-order valence-corrected chi connectivity index (χ2v) is 8.02. The van der Waals surface area contributed by atoms with E-state index in [0.29, 0.717) is 17.0 Å². The Hall–Kier alpha value is -4.98. The van der Waals surface area contributed by atoms with E-state index in [2.05, 4.69) is 15.5 Å². The Kier molecular flexibility index (Phi) is 5.16. The third-order valence-corrected chi connectivity index (χ3v) is 5.66. The molecule has 6 rings (SSSR count). The number of rotatable bonds is 6. The van der Waals surface area contributed by atoms with Crippen molar-refractivity contribution in [2.45, 2.75) is 6.54 Å². The zero-order chi connectivity index (χ0) is 23.6. The van der Waals surface area contributed by atoms with Crippen LogP contribution in [0, 0.1) is 0 Å². The van der Waals surface area contributed by atoms with Crippen LogP contribution < -0.4 is 5.43 Å². The van der Waals surface area contributed by atoms with Crippen molar-refractivity contribution in [1.29, 1.82) is 0 Å². The number of hydrazone groups is 1. The van der Waals surface area contributed by atoms with E-state index in [1.54, 1.807) is 21.8 Å². The van der Waals surface area contributed by atoms with Crippen LogP contribution in [0.2, 0.25) is 0 Å². The van der Waals surface area contributed by atoms with Crippen LogP contribution in [0.1, 0.15) is 5.56 Å². The molecular formula is C27H20N6O2. The molecule has 0 atom stereocenters. The van der Waals surface area contributed by atoms with Crippen LogP contribution >= 0.6 is 0 Å². The van der Waals surface area contributed by atoms with Crippen molar-refractivity contribution in [2.24, 2.45) is 5.10 Å². The molecular weight excluding hydrogens is 440 g/mol. The van der Waals surface area contributed by atoms with Gasteiger partial charge in [-0.1, -0.05) is 48.5 Å². The summed E-state index contributed by atoms with van der Waals surface area (Å²) in [5, 5.41) is 9.93. The average Bonchev–Trinajstić information content (AvgIpc) is 3.61. The van der Waals surface area contributed by atoms with Gasteiger partial charge in [-0.05, 0) is 36.4 Å². The summed E-state index contributed by atoms with van der Waals surface area (Å²) >= 11 is 0. The molecule has 6 aromatic rings. The Balaban J connectivity index is 1.28. The fourth-order valence-corrected chi connectivity index (χ4v) is 3.98. The predicted molar refractivity (Wildman–Crippen MR) is 134 cm³/mol. The zero-order valence-electron chi connectivity index (χ0n) is 18.6. The van der Waals surface area contributed by atoms with Crippen molar-refractivity contribution in [1.82, 2.24) is 24.8 Å². The predicted octanol–water partition coefficient (Wildman–Crippen LogP) is 4.79. The van der Waals surface area contributed by atoms with E-state index in [0.717, 1.165) is 27.7 Å². The van der Waals surface area contributed by atoms with Crippen LogP contribution in [0.5, 0.6) is 0 Å². The van der Waals surface area contributed by atoms with Gasteiger partial charge < -0.3 is 8.98 Å². The van der Waals surface area contributed by atoms with Crippen LogP contribution in [0.25, 0.3) is 39.1 Å². The fourth-order valence-electron chi connectivity index (χ4n) is 3.98. The van der Waals surface area contributed by atoms with Gasteiger partial charge in [-0.15, -0.1) is 0 Å². The summed E-state index contributed by atoms with van der Waals surface area (Å²) in [7, 11) is 0. The molecule has 0 bridgehead atoms. The first-order chi connectivity index (χ1) is 17.2. The van der Waals surface area contributed by atoms with Gasteiger partial charge in [0.15, 0.2) is 5.76 Å². The van der Waals surface area contributed by atoms with Crippen molar-refractivity contribution in [3.05, 3.63) is 103 Å². The molecule has 3 aromatic carbocycles. The fraction of sp³-hybridized carbons (Fsp3) is 0.0370. The molecule has 0 aliphatic carbocycles. The molecule has 0 saturated carbocycles. The molecule has 3 aromatic heterocycles. The molecule has 0 saturated heterocycles. The molecule has 0 aliphatic heterocycles. The first-order valence-corrected chi connectivity index (χ1v) is 11.1. The summed E-state index contributed by atoms with van der Waals surface area (Å²) < 4.78 is 9.60. The molecule has 170 valence electrons. The van der Waals surface area contributed by atoms with Gasteiger partial charge in [0.2, 0.25) is 0 Å². The van der Waals surface area contributed by atoms with Crippen LogP contribution in [0.15, 0.2) is 107 Å². The van der Waals surface area contributed by atoms with Crippen molar-refractivity contribution >= 4 is 34.1 Å². The van der Waals surface area contributed by atoms with Gasteiger partial charge in [0.05, 0.1) is 29.3 Å². The van der Waals surface area contributed by atoms with E-state index in [9.17, 15) is 4.79 Å². The smallest absolute Gasteiger partial charge is 0.260 e. The van der Waals surface area contributed by atoms with Gasteiger partial charge in [-0.3, -0.25) is 4.79 Å². The molecule has 1 N–H and O–H groups in total. The first kappa shape index (κ1) is 20.6. The minimum absolute atomic E-state index is 0.109. The second kappa shape index (κ2) is 8.75. The number of carbonyl (C=O) groups is 1. The largest absolute Gasteiger partial charge is 0.454 e. The number of hydrogen-bond donors (Lipinski definition) is 1. The highest BCUT2D eigenvalue weighted by molar-refractivity contribution is 5.91. The Morgan fingerprint density at radius 2 is 1.80 bits per heavy atom. The van der Waals surface area contributed by atoms with Crippen molar-refractivity contribution in [2.75, 3.05) is 0 Å². The number of nitrogens with zero attached hydrogens (tertiary/aromatic N) is 5. The summed E-state index contributed by atoms with van der Waals surface area (Å²) in [6, 6.07) is 27.2. The first-order valence-electron chi connectivity index (χ1n) is 11.1. The summed E-state index contributed by atoms with van der Waals surface area (Å²) in [5.74, 6) is 0.365. The van der Waals surface area contributed by atoms with Gasteiger partial charge in [0.25, 0.3) is 5.91 Å². The SMILES string of the molecule is O=C(Cn1cnc2ccccc21)N/N=C/c1cn(-c2ccccc2)nc1-c1cc2ccccc2o1. The maximum Gasteiger partial charge on any atom is 0.260 e. The normalized spacial score (nSPS) is 11.5. The monoisotopic (exact) mass is 460 g/mol. The number of furan rings is 1. The topological polar surface area (TPSA) is 90.2 Å². The summed E-state index contributed by atoms with van der Waals surface area (Å²) in [6.07, 6.45) is 5.09. The van der Waals surface area contributed by atoms with Gasteiger partial charge in [-0.2, -0.15) is 10.2 Å². The number of benzene rings is 3. The van der Waals surface area contributed by atoms with E-state index < -0.39 is 0 Å². The second-order valence-electron chi connectivity index (χ2n) is 8.02. The van der Waals surface area contributed by atoms with Gasteiger partial charge in [0.1, 0.15) is 17.8 Å². The summed E-state index contributed by atoms with van der Waals surface area (Å²) in [6.45, 7) is 0.109. The van der Waals surface area contributed by atoms with E-state index in [1.165, 1.54) is 0 Å². The van der Waals surface area contributed by atoms with Gasteiger partial charge >= 0.3 is 0 Å². The highest BCUT2D eigenvalue weighted by Gasteiger charge is 2.16. The third kappa shape index (κ3) is 4.08. The summed E-state index contributed by atoms with van der Waals surface area (Å²) in [4.78, 5) is 16.8. The molecule has 0 fully saturated rings. The van der Waals surface area contributed by atoms with E-state index in [1.807, 2.05) is 91.1 Å². The Morgan fingerprint density at radius 1 is 1.00 bits per heavy atom. The standard InChI is InChI=1S/C27H20N6O2/c34-26(17-32-18-28-22-11-5-6-12-23(22)32)30-29-15-20-16-33(21-9-2-1-3-10-21)31-27(20)25-14-19-8-4-7-13-24(19)35-25/h1-16,18H,17H2,(H,30,34)/b29-15+. The highest BCUT2D eigenvalue weighted by atomic mass is 16.3. The average molecular weight is 460 g/mol. The van der Waals surface area contributed by atoms with Crippen LogP contribution in [0.3, 0.4) is 0 Å². The molecule has 0 spiro atoms. The number of fused-ring (bicyclic) bond motifs is 2. The molecule has 8 heteroatoms. The highest BCUT2D eigenvalue weighted by Crippen LogP contribution is 2.29. The van der Waals surface area contributed by atoms with E-state index in [4.69, 9.17) is 9.52 Å². The van der Waals surface area contributed by atoms with Crippen LogP contribution in [-0.2, 0) is 11.3 Å². The number of amides is 1. The molecule has 35 heavy (non-hydrogen) atoms. The number of hydrogen-bond acceptors (Lipinski definition) is 5. The lowest BCUT2D eigenvalue weighted by atomic mass is 10.2. The van der Waals surface area contributed by atoms with E-state index >= 15 is 0 Å². The minimum atomic E-state index is -0.259. The lowest BCUT2D eigenvalue weighted by molar-refractivity contribution is -0.121. The molecule has 3 heterocycles. The quantitative estimate of drug-likeness (QED) is 0.286. The number of aromatic nitrogens is 4. The molecule has 1 amide bonds. The number of para-hydroxylation sites is 4. The Labute approximate surface area is 200 Å².